The molecule has 2 aromatic carbocycles. The van der Waals surface area contributed by atoms with Crippen molar-refractivity contribution >= 4 is 33.2 Å². The highest BCUT2D eigenvalue weighted by Gasteiger charge is 2.18. The molecule has 0 unspecified atom stereocenters. The molecule has 0 saturated carbocycles. The van der Waals surface area contributed by atoms with E-state index in [1.807, 2.05) is 6.92 Å². The molecule has 0 aliphatic rings. The zero-order chi connectivity index (χ0) is 19.5. The molecule has 0 saturated heterocycles. The molecule has 0 heterocycles. The summed E-state index contributed by atoms with van der Waals surface area (Å²) in [4.78, 5) is 12.5. The number of carbonyl (C=O) groups is 1. The molecule has 2 rings (SSSR count). The van der Waals surface area contributed by atoms with E-state index in [9.17, 15) is 13.2 Å². The highest BCUT2D eigenvalue weighted by Crippen LogP contribution is 2.23. The normalized spacial score (nSPS) is 12.7. The van der Waals surface area contributed by atoms with Gasteiger partial charge in [0.2, 0.25) is 10.0 Å². The quantitative estimate of drug-likeness (QED) is 0.812. The van der Waals surface area contributed by atoms with Gasteiger partial charge in [0.1, 0.15) is 5.75 Å². The molecule has 0 aliphatic heterocycles. The molecule has 26 heavy (non-hydrogen) atoms. The second kappa shape index (κ2) is 8.07. The van der Waals surface area contributed by atoms with Gasteiger partial charge in [0.05, 0.1) is 4.90 Å². The van der Waals surface area contributed by atoms with Gasteiger partial charge in [0.15, 0.2) is 6.10 Å². The van der Waals surface area contributed by atoms with Crippen molar-refractivity contribution in [3.8, 4) is 5.75 Å². The van der Waals surface area contributed by atoms with Gasteiger partial charge in [-0.2, -0.15) is 0 Å². The van der Waals surface area contributed by atoms with Gasteiger partial charge >= 0.3 is 0 Å². The van der Waals surface area contributed by atoms with Crippen LogP contribution in [-0.4, -0.2) is 38.8 Å². The van der Waals surface area contributed by atoms with Gasteiger partial charge in [0, 0.05) is 24.8 Å². The van der Waals surface area contributed by atoms with E-state index >= 15 is 0 Å². The maximum absolute atomic E-state index is 12.3. The molecule has 0 aliphatic carbocycles. The molecule has 1 N–H and O–H groups in total. The van der Waals surface area contributed by atoms with Crippen molar-refractivity contribution in [2.45, 2.75) is 24.8 Å². The number of benzene rings is 2. The molecule has 0 radical (unpaired) electrons. The fraction of sp³-hybridized carbons (Fsp3) is 0.278. The molecule has 6 nitrogen and oxygen atoms in total. The number of amides is 1. The lowest BCUT2D eigenvalue weighted by Crippen LogP contribution is -2.30. The number of sulfonamides is 1. The molecule has 0 bridgehead atoms. The van der Waals surface area contributed by atoms with Crippen molar-refractivity contribution in [2.75, 3.05) is 19.4 Å². The SMILES string of the molecule is Cc1cc(Cl)ccc1O[C@@H](C)C(=O)Nc1ccc(S(=O)(=O)N(C)C)cc1. The first-order valence-corrected chi connectivity index (χ1v) is 9.69. The van der Waals surface area contributed by atoms with Crippen LogP contribution in [0.5, 0.6) is 5.75 Å². The molecule has 140 valence electrons. The second-order valence-electron chi connectivity index (χ2n) is 5.97. The van der Waals surface area contributed by atoms with Crippen LogP contribution >= 0.6 is 11.6 Å². The average Bonchev–Trinajstić information content (AvgIpc) is 2.57. The lowest BCUT2D eigenvalue weighted by molar-refractivity contribution is -0.122. The highest BCUT2D eigenvalue weighted by atomic mass is 35.5. The fourth-order valence-corrected chi connectivity index (χ4v) is 3.28. The van der Waals surface area contributed by atoms with Gasteiger partial charge in [-0.1, -0.05) is 11.6 Å². The first-order chi connectivity index (χ1) is 12.1. The maximum Gasteiger partial charge on any atom is 0.265 e. The van der Waals surface area contributed by atoms with E-state index in [1.54, 1.807) is 25.1 Å². The third-order valence-electron chi connectivity index (χ3n) is 3.71. The van der Waals surface area contributed by atoms with Gasteiger partial charge in [-0.15, -0.1) is 0 Å². The topological polar surface area (TPSA) is 75.7 Å². The summed E-state index contributed by atoms with van der Waals surface area (Å²) in [6, 6.07) is 11.1. The minimum Gasteiger partial charge on any atom is -0.481 e. The molecule has 1 atom stereocenters. The summed E-state index contributed by atoms with van der Waals surface area (Å²) in [7, 11) is -0.580. The van der Waals surface area contributed by atoms with Crippen molar-refractivity contribution in [1.29, 1.82) is 0 Å². The first kappa shape index (κ1) is 20.2. The number of hydrogen-bond donors (Lipinski definition) is 1. The van der Waals surface area contributed by atoms with E-state index in [-0.39, 0.29) is 10.8 Å². The van der Waals surface area contributed by atoms with Crippen LogP contribution in [0.4, 0.5) is 5.69 Å². The van der Waals surface area contributed by atoms with Crippen molar-refractivity contribution in [2.24, 2.45) is 0 Å². The number of halogens is 1. The maximum atomic E-state index is 12.3. The summed E-state index contributed by atoms with van der Waals surface area (Å²) in [5.74, 6) is 0.229. The number of hydrogen-bond acceptors (Lipinski definition) is 4. The highest BCUT2D eigenvalue weighted by molar-refractivity contribution is 7.89. The predicted octanol–water partition coefficient (Wildman–Crippen LogP) is 3.30. The lowest BCUT2D eigenvalue weighted by Gasteiger charge is -2.17. The zero-order valence-corrected chi connectivity index (χ0v) is 16.6. The van der Waals surface area contributed by atoms with Crippen LogP contribution in [0, 0.1) is 6.92 Å². The lowest BCUT2D eigenvalue weighted by atomic mass is 10.2. The Bertz CT molecular complexity index is 896. The number of anilines is 1. The number of nitrogens with zero attached hydrogens (tertiary/aromatic N) is 1. The molecule has 1 amide bonds. The summed E-state index contributed by atoms with van der Waals surface area (Å²) in [5.41, 5.74) is 1.31. The van der Waals surface area contributed by atoms with E-state index in [2.05, 4.69) is 5.32 Å². The van der Waals surface area contributed by atoms with E-state index in [1.165, 1.54) is 38.4 Å². The predicted molar refractivity (Wildman–Crippen MR) is 102 cm³/mol. The molecule has 2 aromatic rings. The number of nitrogens with one attached hydrogen (secondary N) is 1. The minimum atomic E-state index is -3.50. The monoisotopic (exact) mass is 396 g/mol. The van der Waals surface area contributed by atoms with E-state index in [0.29, 0.717) is 16.5 Å². The summed E-state index contributed by atoms with van der Waals surface area (Å²) in [6.07, 6.45) is -0.736. The fourth-order valence-electron chi connectivity index (χ4n) is 2.15. The third kappa shape index (κ3) is 4.75. The Morgan fingerprint density at radius 2 is 1.77 bits per heavy atom. The van der Waals surface area contributed by atoms with Crippen molar-refractivity contribution in [1.82, 2.24) is 4.31 Å². The smallest absolute Gasteiger partial charge is 0.265 e. The van der Waals surface area contributed by atoms with Gasteiger partial charge in [-0.25, -0.2) is 12.7 Å². The van der Waals surface area contributed by atoms with Crippen LogP contribution in [0.25, 0.3) is 0 Å². The molecular weight excluding hydrogens is 376 g/mol. The Morgan fingerprint density at radius 1 is 1.15 bits per heavy atom. The number of ether oxygens (including phenoxy) is 1. The van der Waals surface area contributed by atoms with E-state index in [4.69, 9.17) is 16.3 Å². The van der Waals surface area contributed by atoms with Crippen LogP contribution in [-0.2, 0) is 14.8 Å². The molecule has 0 spiro atoms. The van der Waals surface area contributed by atoms with Crippen LogP contribution in [0.3, 0.4) is 0 Å². The van der Waals surface area contributed by atoms with Gasteiger partial charge in [-0.05, 0) is 61.9 Å². The second-order valence-corrected chi connectivity index (χ2v) is 8.56. The van der Waals surface area contributed by atoms with Crippen LogP contribution in [0.1, 0.15) is 12.5 Å². The third-order valence-corrected chi connectivity index (χ3v) is 5.77. The Morgan fingerprint density at radius 3 is 2.31 bits per heavy atom. The van der Waals surface area contributed by atoms with Gasteiger partial charge < -0.3 is 10.1 Å². The number of aryl methyl sites for hydroxylation is 1. The summed E-state index contributed by atoms with van der Waals surface area (Å²) >= 11 is 5.91. The number of rotatable bonds is 6. The van der Waals surface area contributed by atoms with E-state index < -0.39 is 16.1 Å². The van der Waals surface area contributed by atoms with Crippen LogP contribution < -0.4 is 10.1 Å². The largest absolute Gasteiger partial charge is 0.481 e. The minimum absolute atomic E-state index is 0.154. The Labute approximate surface area is 158 Å². The standard InChI is InChI=1S/C18H21ClN2O4S/c1-12-11-14(19)5-10-17(12)25-13(2)18(22)20-15-6-8-16(9-7-15)26(23,24)21(3)4/h5-11,13H,1-4H3,(H,20,22)/t13-/m0/s1. The summed E-state index contributed by atoms with van der Waals surface area (Å²) < 4.78 is 30.9. The Hall–Kier alpha value is -2.09. The van der Waals surface area contributed by atoms with E-state index in [0.717, 1.165) is 9.87 Å². The average molecular weight is 397 g/mol. The molecule has 0 fully saturated rings. The molecule has 0 aromatic heterocycles. The van der Waals surface area contributed by atoms with Gasteiger partial charge in [-0.3, -0.25) is 4.79 Å². The number of carbonyl (C=O) groups excluding carboxylic acids is 1. The molecular formula is C18H21ClN2O4S. The molecule has 8 heteroatoms. The van der Waals surface area contributed by atoms with Crippen LogP contribution in [0.15, 0.2) is 47.4 Å². The Balaban J connectivity index is 2.05. The zero-order valence-electron chi connectivity index (χ0n) is 15.0. The Kier molecular flexibility index (Phi) is 6.28. The summed E-state index contributed by atoms with van der Waals surface area (Å²) in [6.45, 7) is 3.48. The van der Waals surface area contributed by atoms with Gasteiger partial charge in [0.25, 0.3) is 5.91 Å². The van der Waals surface area contributed by atoms with Crippen molar-refractivity contribution in [3.63, 3.8) is 0 Å². The summed E-state index contributed by atoms with van der Waals surface area (Å²) in [5, 5.41) is 3.30. The van der Waals surface area contributed by atoms with Crippen LogP contribution in [0.2, 0.25) is 5.02 Å². The van der Waals surface area contributed by atoms with Crippen molar-refractivity contribution in [3.05, 3.63) is 53.1 Å². The first-order valence-electron chi connectivity index (χ1n) is 7.87. The van der Waals surface area contributed by atoms with Crippen molar-refractivity contribution < 1.29 is 17.9 Å².